The Bertz CT molecular complexity index is 891. The first kappa shape index (κ1) is 18.7. The van der Waals surface area contributed by atoms with Crippen LogP contribution in [0.1, 0.15) is 11.1 Å². The molecule has 0 aromatic heterocycles. The van der Waals surface area contributed by atoms with Crippen LogP contribution in [0, 0.1) is 0 Å². The minimum absolute atomic E-state index is 0.498. The van der Waals surface area contributed by atoms with E-state index in [-0.39, 0.29) is 0 Å². The zero-order valence-corrected chi connectivity index (χ0v) is 17.3. The fourth-order valence-electron chi connectivity index (χ4n) is 2.31. The van der Waals surface area contributed by atoms with Gasteiger partial charge in [-0.2, -0.15) is 0 Å². The standard InChI is InChI=1S/C21H17Br2NO2/c1-25-20-9-7-19(8-10-20)24-13-16-12-18(23)6-11-21(16)26-14-15-2-4-17(22)5-3-15/h2-13H,14H2,1H3. The zero-order chi connectivity index (χ0) is 18.4. The Morgan fingerprint density at radius 2 is 1.58 bits per heavy atom. The summed E-state index contributed by atoms with van der Waals surface area (Å²) in [5.74, 6) is 1.60. The van der Waals surface area contributed by atoms with E-state index in [9.17, 15) is 0 Å². The van der Waals surface area contributed by atoms with Crippen molar-refractivity contribution in [1.29, 1.82) is 0 Å². The molecule has 26 heavy (non-hydrogen) atoms. The number of aliphatic imine (C=N–C) groups is 1. The fraction of sp³-hybridized carbons (Fsp3) is 0.0952. The minimum atomic E-state index is 0.498. The van der Waals surface area contributed by atoms with Crippen molar-refractivity contribution in [2.45, 2.75) is 6.61 Å². The number of rotatable bonds is 6. The van der Waals surface area contributed by atoms with Crippen LogP contribution in [-0.4, -0.2) is 13.3 Å². The summed E-state index contributed by atoms with van der Waals surface area (Å²) in [6.07, 6.45) is 1.81. The zero-order valence-electron chi connectivity index (χ0n) is 14.2. The van der Waals surface area contributed by atoms with Gasteiger partial charge in [-0.05, 0) is 60.2 Å². The maximum atomic E-state index is 6.00. The molecule has 0 radical (unpaired) electrons. The van der Waals surface area contributed by atoms with Gasteiger partial charge in [-0.3, -0.25) is 4.99 Å². The molecule has 5 heteroatoms. The highest BCUT2D eigenvalue weighted by molar-refractivity contribution is 9.10. The van der Waals surface area contributed by atoms with Gasteiger partial charge in [0.05, 0.1) is 12.8 Å². The summed E-state index contributed by atoms with van der Waals surface area (Å²) in [7, 11) is 1.65. The highest BCUT2D eigenvalue weighted by Gasteiger charge is 2.04. The molecule has 0 bridgehead atoms. The molecule has 0 unspecified atom stereocenters. The molecule has 0 aliphatic heterocycles. The van der Waals surface area contributed by atoms with E-state index in [0.29, 0.717) is 6.61 Å². The van der Waals surface area contributed by atoms with Crippen molar-refractivity contribution in [3.63, 3.8) is 0 Å². The van der Waals surface area contributed by atoms with Gasteiger partial charge >= 0.3 is 0 Å². The van der Waals surface area contributed by atoms with E-state index >= 15 is 0 Å². The topological polar surface area (TPSA) is 30.8 Å². The van der Waals surface area contributed by atoms with Crippen LogP contribution in [0.15, 0.2) is 80.7 Å². The van der Waals surface area contributed by atoms with Crippen molar-refractivity contribution in [2.24, 2.45) is 4.99 Å². The van der Waals surface area contributed by atoms with Crippen LogP contribution < -0.4 is 9.47 Å². The van der Waals surface area contributed by atoms with E-state index < -0.39 is 0 Å². The summed E-state index contributed by atoms with van der Waals surface area (Å²) in [5.41, 5.74) is 2.87. The number of nitrogens with zero attached hydrogens (tertiary/aromatic N) is 1. The molecule has 0 atom stereocenters. The van der Waals surface area contributed by atoms with Crippen LogP contribution in [0.25, 0.3) is 0 Å². The number of methoxy groups -OCH3 is 1. The van der Waals surface area contributed by atoms with E-state index in [1.54, 1.807) is 7.11 Å². The van der Waals surface area contributed by atoms with Gasteiger partial charge in [0.15, 0.2) is 0 Å². The summed E-state index contributed by atoms with van der Waals surface area (Å²) < 4.78 is 13.2. The summed E-state index contributed by atoms with van der Waals surface area (Å²) in [6.45, 7) is 0.498. The average molecular weight is 475 g/mol. The van der Waals surface area contributed by atoms with Crippen molar-refractivity contribution < 1.29 is 9.47 Å². The number of halogens is 2. The fourth-order valence-corrected chi connectivity index (χ4v) is 2.95. The third-order valence-electron chi connectivity index (χ3n) is 3.70. The lowest BCUT2D eigenvalue weighted by molar-refractivity contribution is 0.306. The van der Waals surface area contributed by atoms with Gasteiger partial charge in [0, 0.05) is 20.7 Å². The second-order valence-corrected chi connectivity index (χ2v) is 7.38. The third-order valence-corrected chi connectivity index (χ3v) is 4.73. The number of hydrogen-bond donors (Lipinski definition) is 0. The van der Waals surface area contributed by atoms with Gasteiger partial charge in [0.25, 0.3) is 0 Å². The van der Waals surface area contributed by atoms with Crippen LogP contribution in [0.5, 0.6) is 11.5 Å². The first-order valence-corrected chi connectivity index (χ1v) is 9.57. The summed E-state index contributed by atoms with van der Waals surface area (Å²) in [4.78, 5) is 4.53. The smallest absolute Gasteiger partial charge is 0.128 e. The Morgan fingerprint density at radius 1 is 0.885 bits per heavy atom. The molecule has 3 nitrogen and oxygen atoms in total. The molecule has 132 valence electrons. The molecule has 0 aliphatic carbocycles. The normalized spacial score (nSPS) is 10.9. The molecule has 0 N–H and O–H groups in total. The molecule has 3 aromatic carbocycles. The Balaban J connectivity index is 1.76. The van der Waals surface area contributed by atoms with Gasteiger partial charge in [0.2, 0.25) is 0 Å². The molecule has 0 heterocycles. The highest BCUT2D eigenvalue weighted by atomic mass is 79.9. The molecular weight excluding hydrogens is 458 g/mol. The minimum Gasteiger partial charge on any atom is -0.497 e. The monoisotopic (exact) mass is 473 g/mol. The Morgan fingerprint density at radius 3 is 2.27 bits per heavy atom. The third kappa shape index (κ3) is 5.19. The Hall–Kier alpha value is -2.11. The van der Waals surface area contributed by atoms with Crippen molar-refractivity contribution in [3.8, 4) is 11.5 Å². The van der Waals surface area contributed by atoms with Crippen LogP contribution in [-0.2, 0) is 6.61 Å². The Labute approximate surface area is 169 Å². The SMILES string of the molecule is COc1ccc(N=Cc2cc(Br)ccc2OCc2ccc(Br)cc2)cc1. The van der Waals surface area contributed by atoms with Crippen LogP contribution in [0.2, 0.25) is 0 Å². The van der Waals surface area contributed by atoms with E-state index in [2.05, 4.69) is 36.9 Å². The Kier molecular flexibility index (Phi) is 6.47. The molecular formula is C21H17Br2NO2. The number of hydrogen-bond acceptors (Lipinski definition) is 3. The lowest BCUT2D eigenvalue weighted by Gasteiger charge is -2.10. The van der Waals surface area contributed by atoms with E-state index in [1.165, 1.54) is 0 Å². The maximum Gasteiger partial charge on any atom is 0.128 e. The second kappa shape index (κ2) is 9.01. The van der Waals surface area contributed by atoms with Crippen molar-refractivity contribution >= 4 is 43.8 Å². The first-order chi connectivity index (χ1) is 12.6. The predicted molar refractivity (Wildman–Crippen MR) is 113 cm³/mol. The molecule has 3 aromatic rings. The van der Waals surface area contributed by atoms with Crippen LogP contribution in [0.4, 0.5) is 5.69 Å². The molecule has 0 spiro atoms. The summed E-state index contributed by atoms with van der Waals surface area (Å²) in [6, 6.07) is 21.6. The van der Waals surface area contributed by atoms with E-state index in [0.717, 1.165) is 37.3 Å². The van der Waals surface area contributed by atoms with Crippen molar-refractivity contribution in [2.75, 3.05) is 7.11 Å². The molecule has 0 aliphatic rings. The molecule has 0 saturated carbocycles. The van der Waals surface area contributed by atoms with Gasteiger partial charge in [-0.1, -0.05) is 44.0 Å². The van der Waals surface area contributed by atoms with E-state index in [4.69, 9.17) is 9.47 Å². The highest BCUT2D eigenvalue weighted by Crippen LogP contribution is 2.24. The van der Waals surface area contributed by atoms with Crippen molar-refractivity contribution in [1.82, 2.24) is 0 Å². The van der Waals surface area contributed by atoms with Crippen molar-refractivity contribution in [3.05, 3.63) is 86.8 Å². The molecule has 0 saturated heterocycles. The summed E-state index contributed by atoms with van der Waals surface area (Å²) >= 11 is 6.95. The first-order valence-electron chi connectivity index (χ1n) is 7.99. The van der Waals surface area contributed by atoms with Gasteiger partial charge in [-0.25, -0.2) is 0 Å². The van der Waals surface area contributed by atoms with E-state index in [1.807, 2.05) is 72.9 Å². The summed E-state index contributed by atoms with van der Waals surface area (Å²) in [5, 5.41) is 0. The molecule has 0 amide bonds. The largest absolute Gasteiger partial charge is 0.497 e. The van der Waals surface area contributed by atoms with Gasteiger partial charge < -0.3 is 9.47 Å². The quantitative estimate of drug-likeness (QED) is 0.379. The molecule has 0 fully saturated rings. The van der Waals surface area contributed by atoms with Gasteiger partial charge in [-0.15, -0.1) is 0 Å². The number of ether oxygens (including phenoxy) is 2. The lowest BCUT2D eigenvalue weighted by Crippen LogP contribution is -1.98. The predicted octanol–water partition coefficient (Wildman–Crippen LogP) is 6.55. The van der Waals surface area contributed by atoms with Crippen LogP contribution in [0.3, 0.4) is 0 Å². The van der Waals surface area contributed by atoms with Gasteiger partial charge in [0.1, 0.15) is 18.1 Å². The van der Waals surface area contributed by atoms with Crippen LogP contribution >= 0.6 is 31.9 Å². The number of benzene rings is 3. The average Bonchev–Trinajstić information content (AvgIpc) is 2.67. The lowest BCUT2D eigenvalue weighted by atomic mass is 10.2. The maximum absolute atomic E-state index is 6.00. The second-order valence-electron chi connectivity index (χ2n) is 5.55. The molecule has 3 rings (SSSR count).